The summed E-state index contributed by atoms with van der Waals surface area (Å²) in [7, 11) is 3.49. The molecule has 1 atom stereocenters. The number of ether oxygens (including phenoxy) is 1. The highest BCUT2D eigenvalue weighted by atomic mass is 16.5. The van der Waals surface area contributed by atoms with Gasteiger partial charge in [-0.2, -0.15) is 0 Å². The van der Waals surface area contributed by atoms with Crippen molar-refractivity contribution in [2.24, 2.45) is 0 Å². The van der Waals surface area contributed by atoms with Crippen LogP contribution in [-0.2, 0) is 6.42 Å². The molecule has 1 N–H and O–H groups in total. The second kappa shape index (κ2) is 7.67. The van der Waals surface area contributed by atoms with Crippen LogP contribution in [0.5, 0.6) is 5.75 Å². The predicted octanol–water partition coefficient (Wildman–Crippen LogP) is 2.68. The van der Waals surface area contributed by atoms with Crippen molar-refractivity contribution in [2.75, 3.05) is 20.7 Å². The topological polar surface area (TPSA) is 41.6 Å². The number of urea groups is 1. The first-order chi connectivity index (χ1) is 9.10. The van der Waals surface area contributed by atoms with Crippen molar-refractivity contribution >= 4 is 6.03 Å². The Labute approximate surface area is 115 Å². The van der Waals surface area contributed by atoms with Crippen LogP contribution >= 0.6 is 0 Å². The minimum Gasteiger partial charge on any atom is -0.496 e. The fourth-order valence-electron chi connectivity index (χ4n) is 1.88. The lowest BCUT2D eigenvalue weighted by Gasteiger charge is -2.25. The van der Waals surface area contributed by atoms with Gasteiger partial charge < -0.3 is 15.0 Å². The van der Waals surface area contributed by atoms with Crippen molar-refractivity contribution in [1.29, 1.82) is 0 Å². The average molecular weight is 264 g/mol. The molecule has 1 aromatic carbocycles. The molecule has 4 nitrogen and oxygen atoms in total. The normalized spacial score (nSPS) is 11.8. The molecule has 0 heterocycles. The summed E-state index contributed by atoms with van der Waals surface area (Å²) in [5.41, 5.74) is 1.12. The first-order valence-electron chi connectivity index (χ1n) is 6.72. The van der Waals surface area contributed by atoms with Gasteiger partial charge >= 0.3 is 6.03 Å². The van der Waals surface area contributed by atoms with Crippen LogP contribution in [0.25, 0.3) is 0 Å². The van der Waals surface area contributed by atoms with Gasteiger partial charge in [0.2, 0.25) is 0 Å². The molecule has 0 aliphatic heterocycles. The molecule has 0 saturated heterocycles. The molecule has 4 heteroatoms. The number of nitrogens with one attached hydrogen (secondary N) is 1. The molecule has 1 rings (SSSR count). The standard InChI is InChI=1S/C15H24N2O2/c1-5-10-16-15(18)17(3)12(2)11-13-8-6-7-9-14(13)19-4/h6-9,12H,5,10-11H2,1-4H3,(H,16,18). The Morgan fingerprint density at radius 2 is 2.11 bits per heavy atom. The molecule has 0 bridgehead atoms. The molecule has 1 unspecified atom stereocenters. The van der Waals surface area contributed by atoms with Gasteiger partial charge in [0.05, 0.1) is 7.11 Å². The summed E-state index contributed by atoms with van der Waals surface area (Å²) < 4.78 is 5.33. The van der Waals surface area contributed by atoms with Gasteiger partial charge in [0, 0.05) is 19.6 Å². The highest BCUT2D eigenvalue weighted by Gasteiger charge is 2.16. The number of para-hydroxylation sites is 1. The average Bonchev–Trinajstić information content (AvgIpc) is 2.44. The van der Waals surface area contributed by atoms with Crippen molar-refractivity contribution in [3.63, 3.8) is 0 Å². The van der Waals surface area contributed by atoms with E-state index in [1.54, 1.807) is 12.0 Å². The summed E-state index contributed by atoms with van der Waals surface area (Å²) in [5.74, 6) is 0.872. The van der Waals surface area contributed by atoms with E-state index in [0.29, 0.717) is 6.54 Å². The largest absolute Gasteiger partial charge is 0.496 e. The molecular formula is C15H24N2O2. The lowest BCUT2D eigenvalue weighted by Crippen LogP contribution is -2.43. The van der Waals surface area contributed by atoms with Crippen LogP contribution in [-0.4, -0.2) is 37.7 Å². The van der Waals surface area contributed by atoms with E-state index in [-0.39, 0.29) is 12.1 Å². The van der Waals surface area contributed by atoms with Crippen LogP contribution in [0.1, 0.15) is 25.8 Å². The number of carbonyl (C=O) groups excluding carboxylic acids is 1. The van der Waals surface area contributed by atoms with Crippen molar-refractivity contribution in [3.8, 4) is 5.75 Å². The van der Waals surface area contributed by atoms with E-state index >= 15 is 0 Å². The Balaban J connectivity index is 2.63. The van der Waals surface area contributed by atoms with E-state index in [2.05, 4.69) is 5.32 Å². The molecule has 0 aliphatic rings. The van der Waals surface area contributed by atoms with E-state index in [0.717, 1.165) is 24.2 Å². The Bertz CT molecular complexity index is 407. The summed E-state index contributed by atoms with van der Waals surface area (Å²) in [6.07, 6.45) is 1.72. The molecule has 2 amide bonds. The molecule has 106 valence electrons. The highest BCUT2D eigenvalue weighted by Crippen LogP contribution is 2.20. The van der Waals surface area contributed by atoms with Crippen molar-refractivity contribution in [2.45, 2.75) is 32.7 Å². The van der Waals surface area contributed by atoms with Crippen molar-refractivity contribution < 1.29 is 9.53 Å². The Morgan fingerprint density at radius 3 is 2.74 bits per heavy atom. The van der Waals surface area contributed by atoms with Gasteiger partial charge in [-0.3, -0.25) is 0 Å². The Hall–Kier alpha value is -1.71. The Morgan fingerprint density at radius 1 is 1.42 bits per heavy atom. The van der Waals surface area contributed by atoms with E-state index in [9.17, 15) is 4.79 Å². The molecule has 0 spiro atoms. The number of methoxy groups -OCH3 is 1. The number of hydrogen-bond acceptors (Lipinski definition) is 2. The molecule has 19 heavy (non-hydrogen) atoms. The first-order valence-corrected chi connectivity index (χ1v) is 6.72. The maximum absolute atomic E-state index is 11.9. The summed E-state index contributed by atoms with van der Waals surface area (Å²) in [6, 6.07) is 8.01. The monoisotopic (exact) mass is 264 g/mol. The minimum atomic E-state index is -0.0238. The summed E-state index contributed by atoms with van der Waals surface area (Å²) in [4.78, 5) is 13.6. The zero-order chi connectivity index (χ0) is 14.3. The van der Waals surface area contributed by atoms with Crippen LogP contribution in [0.2, 0.25) is 0 Å². The summed E-state index contributed by atoms with van der Waals surface area (Å²) in [5, 5.41) is 2.88. The number of benzene rings is 1. The molecule has 0 fully saturated rings. The van der Waals surface area contributed by atoms with Gasteiger partial charge in [-0.1, -0.05) is 25.1 Å². The zero-order valence-electron chi connectivity index (χ0n) is 12.3. The van der Waals surface area contributed by atoms with Crippen LogP contribution in [0.3, 0.4) is 0 Å². The van der Waals surface area contributed by atoms with E-state index in [4.69, 9.17) is 4.74 Å². The van der Waals surface area contributed by atoms with Gasteiger partial charge in [0.25, 0.3) is 0 Å². The molecule has 0 saturated carbocycles. The van der Waals surface area contributed by atoms with E-state index in [1.165, 1.54) is 0 Å². The lowest BCUT2D eigenvalue weighted by molar-refractivity contribution is 0.193. The third kappa shape index (κ3) is 4.47. The fourth-order valence-corrected chi connectivity index (χ4v) is 1.88. The van der Waals surface area contributed by atoms with Gasteiger partial charge in [0.15, 0.2) is 0 Å². The number of hydrogen-bond donors (Lipinski definition) is 1. The third-order valence-electron chi connectivity index (χ3n) is 3.22. The predicted molar refractivity (Wildman–Crippen MR) is 77.6 cm³/mol. The number of nitrogens with zero attached hydrogens (tertiary/aromatic N) is 1. The summed E-state index contributed by atoms with van der Waals surface area (Å²) >= 11 is 0. The third-order valence-corrected chi connectivity index (χ3v) is 3.22. The highest BCUT2D eigenvalue weighted by molar-refractivity contribution is 5.74. The maximum Gasteiger partial charge on any atom is 0.317 e. The van der Waals surface area contributed by atoms with Crippen LogP contribution in [0, 0.1) is 0 Å². The summed E-state index contributed by atoms with van der Waals surface area (Å²) in [6.45, 7) is 4.79. The van der Waals surface area contributed by atoms with E-state index in [1.807, 2.05) is 45.2 Å². The van der Waals surface area contributed by atoms with Gasteiger partial charge in [-0.15, -0.1) is 0 Å². The molecule has 0 aromatic heterocycles. The molecule has 0 aliphatic carbocycles. The first kappa shape index (κ1) is 15.3. The lowest BCUT2D eigenvalue weighted by atomic mass is 10.1. The molecule has 1 aromatic rings. The second-order valence-electron chi connectivity index (χ2n) is 4.71. The number of carbonyl (C=O) groups is 1. The van der Waals surface area contributed by atoms with E-state index < -0.39 is 0 Å². The SMILES string of the molecule is CCCNC(=O)N(C)C(C)Cc1ccccc1OC. The molecule has 0 radical (unpaired) electrons. The van der Waals surface area contributed by atoms with Crippen LogP contribution < -0.4 is 10.1 Å². The van der Waals surface area contributed by atoms with Gasteiger partial charge in [-0.05, 0) is 31.4 Å². The maximum atomic E-state index is 11.9. The van der Waals surface area contributed by atoms with Gasteiger partial charge in [-0.25, -0.2) is 4.79 Å². The smallest absolute Gasteiger partial charge is 0.317 e. The second-order valence-corrected chi connectivity index (χ2v) is 4.71. The molecular weight excluding hydrogens is 240 g/mol. The fraction of sp³-hybridized carbons (Fsp3) is 0.533. The minimum absolute atomic E-state index is 0.0238. The number of amides is 2. The number of rotatable bonds is 6. The van der Waals surface area contributed by atoms with Crippen LogP contribution in [0.15, 0.2) is 24.3 Å². The van der Waals surface area contributed by atoms with Gasteiger partial charge in [0.1, 0.15) is 5.75 Å². The van der Waals surface area contributed by atoms with Crippen LogP contribution in [0.4, 0.5) is 4.79 Å². The quantitative estimate of drug-likeness (QED) is 0.858. The zero-order valence-corrected chi connectivity index (χ0v) is 12.3. The number of likely N-dealkylation sites (N-methyl/N-ethyl adjacent to an activating group) is 1. The van der Waals surface area contributed by atoms with Crippen molar-refractivity contribution in [3.05, 3.63) is 29.8 Å². The van der Waals surface area contributed by atoms with Crippen molar-refractivity contribution in [1.82, 2.24) is 10.2 Å². The Kier molecular flexibility index (Phi) is 6.19.